The first kappa shape index (κ1) is 13.9. The van der Waals surface area contributed by atoms with Crippen molar-refractivity contribution in [2.24, 2.45) is 5.92 Å². The van der Waals surface area contributed by atoms with Crippen LogP contribution in [-0.2, 0) is 6.42 Å². The van der Waals surface area contributed by atoms with Gasteiger partial charge in [-0.1, -0.05) is 30.7 Å². The molecule has 1 aromatic rings. The van der Waals surface area contributed by atoms with E-state index < -0.39 is 5.60 Å². The van der Waals surface area contributed by atoms with Crippen molar-refractivity contribution in [3.63, 3.8) is 0 Å². The number of nitrogens with one attached hydrogen (secondary N) is 1. The minimum Gasteiger partial charge on any atom is -0.388 e. The molecular weight excluding hydrogens is 246 g/mol. The molecule has 100 valence electrons. The van der Waals surface area contributed by atoms with Crippen LogP contribution in [0.25, 0.3) is 0 Å². The van der Waals surface area contributed by atoms with Gasteiger partial charge in [-0.2, -0.15) is 0 Å². The first-order chi connectivity index (χ1) is 8.47. The summed E-state index contributed by atoms with van der Waals surface area (Å²) in [7, 11) is 0. The van der Waals surface area contributed by atoms with Crippen molar-refractivity contribution < 1.29 is 5.11 Å². The van der Waals surface area contributed by atoms with Crippen molar-refractivity contribution in [2.75, 3.05) is 6.54 Å². The topological polar surface area (TPSA) is 32.3 Å². The van der Waals surface area contributed by atoms with Gasteiger partial charge in [0.1, 0.15) is 0 Å². The highest BCUT2D eigenvalue weighted by molar-refractivity contribution is 6.30. The van der Waals surface area contributed by atoms with Gasteiger partial charge < -0.3 is 10.4 Å². The highest BCUT2D eigenvalue weighted by atomic mass is 35.5. The van der Waals surface area contributed by atoms with Gasteiger partial charge in [-0.15, -0.1) is 0 Å². The van der Waals surface area contributed by atoms with E-state index in [1.165, 1.54) is 6.42 Å². The van der Waals surface area contributed by atoms with Crippen molar-refractivity contribution in [1.82, 2.24) is 5.32 Å². The van der Waals surface area contributed by atoms with Crippen LogP contribution in [0.1, 0.15) is 32.3 Å². The monoisotopic (exact) mass is 267 g/mol. The van der Waals surface area contributed by atoms with Crippen molar-refractivity contribution in [2.45, 2.75) is 44.8 Å². The number of piperidine rings is 1. The summed E-state index contributed by atoms with van der Waals surface area (Å²) < 4.78 is 0. The zero-order valence-electron chi connectivity index (χ0n) is 11.1. The van der Waals surface area contributed by atoms with E-state index in [1.54, 1.807) is 0 Å². The third kappa shape index (κ3) is 3.47. The van der Waals surface area contributed by atoms with Crippen molar-refractivity contribution in [3.8, 4) is 0 Å². The second-order valence-electron chi connectivity index (χ2n) is 5.80. The minimum atomic E-state index is -0.706. The lowest BCUT2D eigenvalue weighted by Gasteiger charge is -2.38. The summed E-state index contributed by atoms with van der Waals surface area (Å²) in [5.74, 6) is 0.688. The molecule has 2 N–H and O–H groups in total. The van der Waals surface area contributed by atoms with E-state index in [0.717, 1.165) is 23.6 Å². The molecule has 0 aromatic heterocycles. The van der Waals surface area contributed by atoms with Gasteiger partial charge in [0.05, 0.1) is 5.60 Å². The Bertz CT molecular complexity index is 388. The molecule has 0 bridgehead atoms. The van der Waals surface area contributed by atoms with Gasteiger partial charge in [0.2, 0.25) is 0 Å². The average molecular weight is 268 g/mol. The lowest BCUT2D eigenvalue weighted by molar-refractivity contribution is 0.00337. The predicted molar refractivity (Wildman–Crippen MR) is 76.0 cm³/mol. The Morgan fingerprint density at radius 2 is 2.06 bits per heavy atom. The van der Waals surface area contributed by atoms with Crippen LogP contribution in [0.5, 0.6) is 0 Å². The third-order valence-electron chi connectivity index (χ3n) is 3.89. The third-order valence-corrected chi connectivity index (χ3v) is 4.14. The number of rotatable bonds is 3. The zero-order chi connectivity index (χ0) is 13.2. The summed E-state index contributed by atoms with van der Waals surface area (Å²) >= 11 is 5.88. The summed E-state index contributed by atoms with van der Waals surface area (Å²) in [5, 5.41) is 14.9. The van der Waals surface area contributed by atoms with Crippen LogP contribution >= 0.6 is 11.6 Å². The van der Waals surface area contributed by atoms with E-state index in [0.29, 0.717) is 12.3 Å². The molecule has 1 saturated heterocycles. The minimum absolute atomic E-state index is 0.178. The molecule has 1 heterocycles. The number of benzene rings is 1. The van der Waals surface area contributed by atoms with E-state index in [4.69, 9.17) is 11.6 Å². The summed E-state index contributed by atoms with van der Waals surface area (Å²) in [6, 6.07) is 7.91. The van der Waals surface area contributed by atoms with E-state index in [1.807, 2.05) is 31.2 Å². The molecule has 2 rings (SSSR count). The molecular formula is C15H22ClNO. The molecule has 18 heavy (non-hydrogen) atoms. The number of halogens is 1. The summed E-state index contributed by atoms with van der Waals surface area (Å²) in [4.78, 5) is 0. The van der Waals surface area contributed by atoms with E-state index in [2.05, 4.69) is 12.2 Å². The van der Waals surface area contributed by atoms with Crippen LogP contribution in [0.2, 0.25) is 5.02 Å². The highest BCUT2D eigenvalue weighted by Crippen LogP contribution is 2.26. The smallest absolute Gasteiger partial charge is 0.0812 e. The average Bonchev–Trinajstić information content (AvgIpc) is 2.32. The molecule has 1 aliphatic rings. The Morgan fingerprint density at radius 3 is 2.67 bits per heavy atom. The zero-order valence-corrected chi connectivity index (χ0v) is 11.9. The van der Waals surface area contributed by atoms with Crippen molar-refractivity contribution in [1.29, 1.82) is 0 Å². The summed E-state index contributed by atoms with van der Waals surface area (Å²) in [6.45, 7) is 5.19. The fourth-order valence-electron chi connectivity index (χ4n) is 2.72. The molecule has 2 nitrogen and oxygen atoms in total. The maximum absolute atomic E-state index is 10.7. The molecule has 1 fully saturated rings. The van der Waals surface area contributed by atoms with Crippen molar-refractivity contribution >= 4 is 11.6 Å². The Morgan fingerprint density at radius 1 is 1.39 bits per heavy atom. The normalized spacial score (nSPS) is 27.8. The molecule has 0 aliphatic carbocycles. The summed E-state index contributed by atoms with van der Waals surface area (Å²) in [6.07, 6.45) is 2.91. The fourth-order valence-corrected chi connectivity index (χ4v) is 2.85. The van der Waals surface area contributed by atoms with Crippen LogP contribution in [0, 0.1) is 5.92 Å². The Balaban J connectivity index is 2.03. The van der Waals surface area contributed by atoms with Gasteiger partial charge in [-0.3, -0.25) is 0 Å². The second-order valence-corrected chi connectivity index (χ2v) is 6.23. The van der Waals surface area contributed by atoms with Gasteiger partial charge in [0.25, 0.3) is 0 Å². The van der Waals surface area contributed by atoms with E-state index in [9.17, 15) is 5.11 Å². The van der Waals surface area contributed by atoms with Crippen LogP contribution in [0.15, 0.2) is 24.3 Å². The molecule has 0 saturated carbocycles. The maximum Gasteiger partial charge on any atom is 0.0812 e. The lowest BCUT2D eigenvalue weighted by atomic mass is 9.81. The molecule has 1 aliphatic heterocycles. The molecule has 3 unspecified atom stereocenters. The van der Waals surface area contributed by atoms with Crippen LogP contribution in [0.3, 0.4) is 0 Å². The number of hydrogen-bond donors (Lipinski definition) is 2. The number of aliphatic hydroxyl groups is 1. The molecule has 3 atom stereocenters. The maximum atomic E-state index is 10.7. The molecule has 0 radical (unpaired) electrons. The fraction of sp³-hybridized carbons (Fsp3) is 0.600. The molecule has 0 spiro atoms. The Hall–Kier alpha value is -0.570. The van der Waals surface area contributed by atoms with Crippen LogP contribution < -0.4 is 5.32 Å². The largest absolute Gasteiger partial charge is 0.388 e. The van der Waals surface area contributed by atoms with Gasteiger partial charge in [0.15, 0.2) is 0 Å². The lowest BCUT2D eigenvalue weighted by Crippen LogP contribution is -2.53. The number of hydrogen-bond acceptors (Lipinski definition) is 2. The van der Waals surface area contributed by atoms with Crippen molar-refractivity contribution in [3.05, 3.63) is 34.9 Å². The molecule has 0 amide bonds. The highest BCUT2D eigenvalue weighted by Gasteiger charge is 2.34. The standard InChI is InChI=1S/C15H22ClNO/c1-11-7-8-17-14(9-11)15(2,18)10-12-3-5-13(16)6-4-12/h3-6,11,14,17-18H,7-10H2,1-2H3. The summed E-state index contributed by atoms with van der Waals surface area (Å²) in [5.41, 5.74) is 0.423. The molecule has 1 aromatic carbocycles. The quantitative estimate of drug-likeness (QED) is 0.882. The SMILES string of the molecule is CC1CCNC(C(C)(O)Cc2ccc(Cl)cc2)C1. The molecule has 3 heteroatoms. The first-order valence-electron chi connectivity index (χ1n) is 6.67. The Labute approximate surface area is 114 Å². The van der Waals surface area contributed by atoms with Crippen LogP contribution in [-0.4, -0.2) is 23.3 Å². The van der Waals surface area contributed by atoms with Gasteiger partial charge in [-0.05, 0) is 49.9 Å². The van der Waals surface area contributed by atoms with Crippen LogP contribution in [0.4, 0.5) is 0 Å². The first-order valence-corrected chi connectivity index (χ1v) is 7.05. The van der Waals surface area contributed by atoms with Gasteiger partial charge in [-0.25, -0.2) is 0 Å². The van der Waals surface area contributed by atoms with Gasteiger partial charge >= 0.3 is 0 Å². The van der Waals surface area contributed by atoms with E-state index in [-0.39, 0.29) is 6.04 Å². The second kappa shape index (κ2) is 5.60. The predicted octanol–water partition coefficient (Wildman–Crippen LogP) is 3.02. The van der Waals surface area contributed by atoms with E-state index >= 15 is 0 Å². The Kier molecular flexibility index (Phi) is 4.31. The van der Waals surface area contributed by atoms with Gasteiger partial charge in [0, 0.05) is 17.5 Å².